The van der Waals surface area contributed by atoms with Crippen molar-refractivity contribution in [1.29, 1.82) is 0 Å². The van der Waals surface area contributed by atoms with Crippen LogP contribution < -0.4 is 0 Å². The molecule has 0 aliphatic rings. The molecule has 0 amide bonds. The number of rotatable bonds is 5. The third kappa shape index (κ3) is 4.03. The molecule has 3 rings (SSSR count). The fourth-order valence-electron chi connectivity index (χ4n) is 2.53. The van der Waals surface area contributed by atoms with E-state index >= 15 is 0 Å². The number of carbonyl (C=O) groups is 2. The van der Waals surface area contributed by atoms with E-state index in [-0.39, 0.29) is 11.3 Å². The molecule has 3 aromatic carbocycles. The fourth-order valence-corrected chi connectivity index (χ4v) is 2.53. The van der Waals surface area contributed by atoms with Gasteiger partial charge in [0.2, 0.25) is 5.78 Å². The molecular weight excluding hydrogens is 331 g/mol. The van der Waals surface area contributed by atoms with E-state index < -0.39 is 17.9 Å². The molecular formula is C22H17FO3. The second-order valence-corrected chi connectivity index (χ2v) is 5.93. The van der Waals surface area contributed by atoms with Gasteiger partial charge in [0.05, 0.1) is 5.56 Å². The zero-order valence-electron chi connectivity index (χ0n) is 14.2. The zero-order chi connectivity index (χ0) is 18.5. The van der Waals surface area contributed by atoms with Gasteiger partial charge in [-0.25, -0.2) is 9.18 Å². The maximum Gasteiger partial charge on any atom is 0.339 e. The predicted octanol–water partition coefficient (Wildman–Crippen LogP) is 4.92. The SMILES string of the molecule is Cc1ccc(C(=O)C(OC(=O)c2ccc(F)cc2)c2ccccc2)cc1. The van der Waals surface area contributed by atoms with Crippen molar-refractivity contribution >= 4 is 11.8 Å². The van der Waals surface area contributed by atoms with Crippen molar-refractivity contribution in [3.05, 3.63) is 107 Å². The summed E-state index contributed by atoms with van der Waals surface area (Å²) in [6.07, 6.45) is -1.07. The van der Waals surface area contributed by atoms with Crippen LogP contribution in [0.1, 0.15) is 37.9 Å². The normalized spacial score (nSPS) is 11.6. The first-order chi connectivity index (χ1) is 12.5. The highest BCUT2D eigenvalue weighted by Gasteiger charge is 2.26. The van der Waals surface area contributed by atoms with Crippen LogP contribution in [0, 0.1) is 12.7 Å². The van der Waals surface area contributed by atoms with Gasteiger partial charge in [0.15, 0.2) is 6.10 Å². The second kappa shape index (κ2) is 7.74. The number of Topliss-reactive ketones (excluding diaryl/α,β-unsaturated/α-hetero) is 1. The smallest absolute Gasteiger partial charge is 0.339 e. The van der Waals surface area contributed by atoms with Crippen molar-refractivity contribution in [2.24, 2.45) is 0 Å². The van der Waals surface area contributed by atoms with Gasteiger partial charge in [-0.3, -0.25) is 4.79 Å². The monoisotopic (exact) mass is 348 g/mol. The maximum atomic E-state index is 13.1. The summed E-state index contributed by atoms with van der Waals surface area (Å²) in [7, 11) is 0. The molecule has 0 aliphatic carbocycles. The van der Waals surface area contributed by atoms with Crippen molar-refractivity contribution < 1.29 is 18.7 Å². The highest BCUT2D eigenvalue weighted by Crippen LogP contribution is 2.24. The Bertz CT molecular complexity index is 900. The van der Waals surface area contributed by atoms with E-state index in [0.717, 1.165) is 5.56 Å². The molecule has 0 bridgehead atoms. The van der Waals surface area contributed by atoms with E-state index in [4.69, 9.17) is 4.74 Å². The number of ketones is 1. The highest BCUT2D eigenvalue weighted by molar-refractivity contribution is 6.02. The Morgan fingerprint density at radius 3 is 2.00 bits per heavy atom. The molecule has 3 aromatic rings. The minimum absolute atomic E-state index is 0.184. The van der Waals surface area contributed by atoms with Crippen LogP contribution in [0.5, 0.6) is 0 Å². The fraction of sp³-hybridized carbons (Fsp3) is 0.0909. The van der Waals surface area contributed by atoms with Crippen molar-refractivity contribution in [3.8, 4) is 0 Å². The summed E-state index contributed by atoms with van der Waals surface area (Å²) in [6.45, 7) is 1.93. The molecule has 0 saturated heterocycles. The Hall–Kier alpha value is -3.27. The molecule has 1 atom stereocenters. The number of ether oxygens (including phenoxy) is 1. The Morgan fingerprint density at radius 2 is 1.38 bits per heavy atom. The van der Waals surface area contributed by atoms with Crippen LogP contribution in [0.3, 0.4) is 0 Å². The van der Waals surface area contributed by atoms with E-state index in [0.29, 0.717) is 11.1 Å². The molecule has 0 fully saturated rings. The largest absolute Gasteiger partial charge is 0.445 e. The van der Waals surface area contributed by atoms with Crippen LogP contribution in [-0.4, -0.2) is 11.8 Å². The number of hydrogen-bond acceptors (Lipinski definition) is 3. The Balaban J connectivity index is 1.91. The molecule has 0 N–H and O–H groups in total. The summed E-state index contributed by atoms with van der Waals surface area (Å²) in [6, 6.07) is 20.9. The van der Waals surface area contributed by atoms with E-state index in [9.17, 15) is 14.0 Å². The average molecular weight is 348 g/mol. The lowest BCUT2D eigenvalue weighted by Crippen LogP contribution is -2.20. The lowest BCUT2D eigenvalue weighted by Gasteiger charge is -2.17. The molecule has 3 nitrogen and oxygen atoms in total. The third-order valence-corrected chi connectivity index (χ3v) is 3.98. The topological polar surface area (TPSA) is 43.4 Å². The van der Waals surface area contributed by atoms with E-state index in [1.54, 1.807) is 36.4 Å². The van der Waals surface area contributed by atoms with Gasteiger partial charge in [-0.15, -0.1) is 0 Å². The molecule has 0 aliphatic heterocycles. The van der Waals surface area contributed by atoms with Crippen molar-refractivity contribution in [2.75, 3.05) is 0 Å². The molecule has 0 saturated carbocycles. The predicted molar refractivity (Wildman–Crippen MR) is 96.5 cm³/mol. The number of carbonyl (C=O) groups excluding carboxylic acids is 2. The van der Waals surface area contributed by atoms with Gasteiger partial charge in [0.1, 0.15) is 5.82 Å². The molecule has 130 valence electrons. The summed E-state index contributed by atoms with van der Waals surface area (Å²) < 4.78 is 18.6. The molecule has 1 unspecified atom stereocenters. The van der Waals surface area contributed by atoms with Gasteiger partial charge in [0, 0.05) is 11.1 Å². The van der Waals surface area contributed by atoms with Crippen molar-refractivity contribution in [1.82, 2.24) is 0 Å². The Morgan fingerprint density at radius 1 is 0.808 bits per heavy atom. The molecule has 26 heavy (non-hydrogen) atoms. The molecule has 0 heterocycles. The highest BCUT2D eigenvalue weighted by atomic mass is 19.1. The van der Waals surface area contributed by atoms with Crippen LogP contribution in [0.25, 0.3) is 0 Å². The van der Waals surface area contributed by atoms with Crippen molar-refractivity contribution in [3.63, 3.8) is 0 Å². The number of aryl methyl sites for hydroxylation is 1. The lowest BCUT2D eigenvalue weighted by atomic mass is 9.99. The van der Waals surface area contributed by atoms with Crippen LogP contribution in [0.15, 0.2) is 78.9 Å². The molecule has 0 aromatic heterocycles. The number of benzene rings is 3. The van der Waals surface area contributed by atoms with Gasteiger partial charge in [-0.2, -0.15) is 0 Å². The van der Waals surface area contributed by atoms with Gasteiger partial charge in [-0.1, -0.05) is 60.2 Å². The third-order valence-electron chi connectivity index (χ3n) is 3.98. The van der Waals surface area contributed by atoms with Crippen LogP contribution in [0.2, 0.25) is 0 Å². The van der Waals surface area contributed by atoms with E-state index in [2.05, 4.69) is 0 Å². The first-order valence-corrected chi connectivity index (χ1v) is 8.17. The van der Waals surface area contributed by atoms with Gasteiger partial charge in [-0.05, 0) is 31.2 Å². The average Bonchev–Trinajstić information content (AvgIpc) is 2.67. The number of halogens is 1. The number of esters is 1. The zero-order valence-corrected chi connectivity index (χ0v) is 14.2. The van der Waals surface area contributed by atoms with Crippen LogP contribution >= 0.6 is 0 Å². The van der Waals surface area contributed by atoms with Crippen LogP contribution in [0.4, 0.5) is 4.39 Å². The summed E-state index contributed by atoms with van der Waals surface area (Å²) >= 11 is 0. The summed E-state index contributed by atoms with van der Waals surface area (Å²) in [5.41, 5.74) is 2.25. The summed E-state index contributed by atoms with van der Waals surface area (Å²) in [5.74, 6) is -1.44. The first-order valence-electron chi connectivity index (χ1n) is 8.17. The van der Waals surface area contributed by atoms with E-state index in [1.165, 1.54) is 24.3 Å². The lowest BCUT2D eigenvalue weighted by molar-refractivity contribution is 0.0280. The molecule has 0 radical (unpaired) electrons. The van der Waals surface area contributed by atoms with Gasteiger partial charge >= 0.3 is 5.97 Å². The van der Waals surface area contributed by atoms with Gasteiger partial charge in [0.25, 0.3) is 0 Å². The molecule has 4 heteroatoms. The first kappa shape index (κ1) is 17.5. The summed E-state index contributed by atoms with van der Waals surface area (Å²) in [4.78, 5) is 25.4. The quantitative estimate of drug-likeness (QED) is 0.486. The minimum Gasteiger partial charge on any atom is -0.445 e. The maximum absolute atomic E-state index is 13.1. The minimum atomic E-state index is -1.07. The molecule has 0 spiro atoms. The van der Waals surface area contributed by atoms with Gasteiger partial charge < -0.3 is 4.74 Å². The standard InChI is InChI=1S/C22H17FO3/c1-15-7-9-16(10-8-15)20(24)21(17-5-3-2-4-6-17)26-22(25)18-11-13-19(23)14-12-18/h2-14,21H,1H3. The second-order valence-electron chi connectivity index (χ2n) is 5.93. The van der Waals surface area contributed by atoms with Crippen molar-refractivity contribution in [2.45, 2.75) is 13.0 Å². The van der Waals surface area contributed by atoms with E-state index in [1.807, 2.05) is 25.1 Å². The number of hydrogen-bond donors (Lipinski definition) is 0. The van der Waals surface area contributed by atoms with Crippen LogP contribution in [-0.2, 0) is 4.74 Å². The Kier molecular flexibility index (Phi) is 5.23. The Labute approximate surface area is 151 Å². The summed E-state index contributed by atoms with van der Waals surface area (Å²) in [5, 5.41) is 0.